The number of nitrogens with zero attached hydrogens (tertiary/aromatic N) is 4. The first-order valence-corrected chi connectivity index (χ1v) is 16.0. The van der Waals surface area contributed by atoms with E-state index in [9.17, 15) is 9.59 Å². The summed E-state index contributed by atoms with van der Waals surface area (Å²) in [4.78, 5) is 41.6. The molecule has 2 aromatic carbocycles. The predicted molar refractivity (Wildman–Crippen MR) is 181 cm³/mol. The minimum Gasteiger partial charge on any atom is -0.370 e. The smallest absolute Gasteiger partial charge is 0.251 e. The number of hydrogen-bond acceptors (Lipinski definition) is 10. The Morgan fingerprint density at radius 3 is 1.78 bits per heavy atom. The molecule has 6 N–H and O–H groups in total. The third kappa shape index (κ3) is 9.86. The number of aromatic nitrogens is 4. The second-order valence-electron chi connectivity index (χ2n) is 10.6. The lowest BCUT2D eigenvalue weighted by Crippen LogP contribution is -2.24. The lowest BCUT2D eigenvalue weighted by molar-refractivity contribution is 0.0945. The maximum absolute atomic E-state index is 12.1. The molecular weight excluding hydrogens is 636 g/mol. The molecule has 0 radical (unpaired) electrons. The van der Waals surface area contributed by atoms with Crippen LogP contribution in [0, 0.1) is 0 Å². The molecule has 0 fully saturated rings. The highest BCUT2D eigenvalue weighted by Crippen LogP contribution is 2.23. The number of halogens is 1. The third-order valence-corrected chi connectivity index (χ3v) is 7.62. The van der Waals surface area contributed by atoms with E-state index in [1.807, 2.05) is 30.3 Å². The summed E-state index contributed by atoms with van der Waals surface area (Å²) < 4.78 is 0.831. The molecule has 0 spiro atoms. The average molecular weight is 674 g/mol. The maximum Gasteiger partial charge on any atom is 0.251 e. The highest BCUT2D eigenvalue weighted by atomic mass is 79.9. The van der Waals surface area contributed by atoms with Crippen LogP contribution in [0.4, 0.5) is 34.9 Å². The molecule has 2 aliphatic heterocycles. The largest absolute Gasteiger partial charge is 0.370 e. The van der Waals surface area contributed by atoms with Gasteiger partial charge in [-0.2, -0.15) is 9.97 Å². The quantitative estimate of drug-likeness (QED) is 0.134. The van der Waals surface area contributed by atoms with Crippen LogP contribution in [0.5, 0.6) is 0 Å². The van der Waals surface area contributed by atoms with Crippen LogP contribution < -0.4 is 31.9 Å². The van der Waals surface area contributed by atoms with E-state index in [0.717, 1.165) is 79.1 Å². The van der Waals surface area contributed by atoms with E-state index in [-0.39, 0.29) is 11.8 Å². The van der Waals surface area contributed by atoms with Crippen molar-refractivity contribution < 1.29 is 9.59 Å². The van der Waals surface area contributed by atoms with Crippen LogP contribution in [0.25, 0.3) is 0 Å². The molecule has 2 amide bonds. The van der Waals surface area contributed by atoms with Gasteiger partial charge in [0.1, 0.15) is 11.6 Å². The number of carbonyl (C=O) groups excluding carboxylic acids is 2. The zero-order chi connectivity index (χ0) is 31.3. The van der Waals surface area contributed by atoms with Crippen molar-refractivity contribution in [3.8, 4) is 0 Å². The van der Waals surface area contributed by atoms with Crippen LogP contribution in [0.1, 0.15) is 59.2 Å². The van der Waals surface area contributed by atoms with Gasteiger partial charge in [0.15, 0.2) is 0 Å². The van der Waals surface area contributed by atoms with E-state index < -0.39 is 0 Å². The molecule has 4 aromatic rings. The molecule has 45 heavy (non-hydrogen) atoms. The molecule has 13 heteroatoms. The Bertz CT molecular complexity index is 1600. The second kappa shape index (κ2) is 16.3. The molecule has 234 valence electrons. The van der Waals surface area contributed by atoms with Gasteiger partial charge in [0.2, 0.25) is 11.9 Å². The standard InChI is InChI=1S/C16H18BrN5O.C16H19N5O/c17-13-10-20-16-21-12-6-4-5-11(9-12)15(23)19-8-3-1-2-7-18-14(13)22-16;22-15-12-5-4-6-13(11-12)20-16-19-10-7-14(21-16)17-8-2-1-3-9-18-15/h4-6,9-10H,1-3,7-8H2,(H,19,23)(H2,18,20,21,22);4-7,10-11H,1-3,8-9H2,(H,18,22)(H2,17,19,20,21). The average Bonchev–Trinajstić information content (AvgIpc) is 3.05. The summed E-state index contributed by atoms with van der Waals surface area (Å²) in [6.07, 6.45) is 9.52. The molecule has 4 heterocycles. The summed E-state index contributed by atoms with van der Waals surface area (Å²) in [5, 5.41) is 18.8. The number of benzene rings is 2. The van der Waals surface area contributed by atoms with Gasteiger partial charge < -0.3 is 31.9 Å². The number of nitrogens with one attached hydrogen (secondary N) is 6. The van der Waals surface area contributed by atoms with Crippen molar-refractivity contribution >= 4 is 62.7 Å². The summed E-state index contributed by atoms with van der Waals surface area (Å²) >= 11 is 3.46. The molecule has 6 rings (SSSR count). The number of fused-ring (bicyclic) bond motifs is 8. The van der Waals surface area contributed by atoms with Crippen LogP contribution in [-0.4, -0.2) is 57.9 Å². The van der Waals surface area contributed by atoms with Crippen LogP contribution in [0.3, 0.4) is 0 Å². The molecule has 2 aliphatic rings. The Morgan fingerprint density at radius 2 is 1.16 bits per heavy atom. The Morgan fingerprint density at radius 1 is 0.600 bits per heavy atom. The normalized spacial score (nSPS) is 15.5. The van der Waals surface area contributed by atoms with E-state index in [1.165, 1.54) is 0 Å². The monoisotopic (exact) mass is 672 g/mol. The van der Waals surface area contributed by atoms with Crippen molar-refractivity contribution in [3.63, 3.8) is 0 Å². The minimum absolute atomic E-state index is 0.0497. The Balaban J connectivity index is 0.000000178. The first-order chi connectivity index (χ1) is 22.0. The number of rotatable bonds is 0. The van der Waals surface area contributed by atoms with Crippen molar-refractivity contribution in [1.82, 2.24) is 30.6 Å². The molecule has 0 saturated heterocycles. The molecule has 8 bridgehead atoms. The van der Waals surface area contributed by atoms with Gasteiger partial charge in [0, 0.05) is 61.1 Å². The van der Waals surface area contributed by atoms with Gasteiger partial charge in [-0.1, -0.05) is 12.1 Å². The van der Waals surface area contributed by atoms with Crippen LogP contribution in [0.2, 0.25) is 0 Å². The zero-order valence-electron chi connectivity index (χ0n) is 24.9. The highest BCUT2D eigenvalue weighted by Gasteiger charge is 2.10. The fraction of sp³-hybridized carbons (Fsp3) is 0.312. The van der Waals surface area contributed by atoms with Crippen molar-refractivity contribution in [2.75, 3.05) is 47.4 Å². The van der Waals surface area contributed by atoms with Crippen LogP contribution in [-0.2, 0) is 0 Å². The van der Waals surface area contributed by atoms with Crippen molar-refractivity contribution in [3.05, 3.63) is 82.6 Å². The molecule has 12 nitrogen and oxygen atoms in total. The summed E-state index contributed by atoms with van der Waals surface area (Å²) in [5.41, 5.74) is 2.83. The predicted octanol–water partition coefficient (Wildman–Crippen LogP) is 5.85. The van der Waals surface area contributed by atoms with Gasteiger partial charge in [-0.3, -0.25) is 9.59 Å². The lowest BCUT2D eigenvalue weighted by Gasteiger charge is -2.10. The summed E-state index contributed by atoms with van der Waals surface area (Å²) in [7, 11) is 0. The fourth-order valence-electron chi connectivity index (χ4n) is 4.69. The van der Waals surface area contributed by atoms with Crippen LogP contribution in [0.15, 0.2) is 71.5 Å². The van der Waals surface area contributed by atoms with E-state index >= 15 is 0 Å². The molecule has 0 saturated carbocycles. The van der Waals surface area contributed by atoms with Gasteiger partial charge in [0.25, 0.3) is 11.8 Å². The first kappa shape index (κ1) is 31.6. The first-order valence-electron chi connectivity index (χ1n) is 15.2. The van der Waals surface area contributed by atoms with Gasteiger partial charge in [0.05, 0.1) is 4.47 Å². The molecule has 0 unspecified atom stereocenters. The van der Waals surface area contributed by atoms with Crippen LogP contribution >= 0.6 is 15.9 Å². The topological polar surface area (TPSA) is 158 Å². The van der Waals surface area contributed by atoms with Crippen molar-refractivity contribution in [2.45, 2.75) is 38.5 Å². The summed E-state index contributed by atoms with van der Waals surface area (Å²) in [6, 6.07) is 16.5. The SMILES string of the molecule is O=C1NCCCCCNc2ccnc(n2)Nc2cccc1c2.O=C1NCCCCCNc2nc(ncc2Br)Nc2cccc1c2. The maximum atomic E-state index is 12.1. The summed E-state index contributed by atoms with van der Waals surface area (Å²) in [5.74, 6) is 2.46. The van der Waals surface area contributed by atoms with Crippen molar-refractivity contribution in [1.29, 1.82) is 0 Å². The summed E-state index contributed by atoms with van der Waals surface area (Å²) in [6.45, 7) is 3.08. The Kier molecular flexibility index (Phi) is 11.5. The van der Waals surface area contributed by atoms with E-state index in [4.69, 9.17) is 0 Å². The van der Waals surface area contributed by atoms with Crippen molar-refractivity contribution in [2.24, 2.45) is 0 Å². The Labute approximate surface area is 270 Å². The van der Waals surface area contributed by atoms with E-state index in [1.54, 1.807) is 36.7 Å². The fourth-order valence-corrected chi connectivity index (χ4v) is 5.02. The number of amides is 2. The number of anilines is 6. The van der Waals surface area contributed by atoms with Gasteiger partial charge >= 0.3 is 0 Å². The zero-order valence-corrected chi connectivity index (χ0v) is 26.5. The Hall–Kier alpha value is -4.78. The van der Waals surface area contributed by atoms with Gasteiger partial charge in [-0.15, -0.1) is 0 Å². The number of hydrogen-bond donors (Lipinski definition) is 6. The third-order valence-electron chi connectivity index (χ3n) is 7.04. The second-order valence-corrected chi connectivity index (χ2v) is 11.4. The van der Waals surface area contributed by atoms with E-state index in [2.05, 4.69) is 67.8 Å². The lowest BCUT2D eigenvalue weighted by atomic mass is 10.2. The van der Waals surface area contributed by atoms with E-state index in [0.29, 0.717) is 36.1 Å². The molecular formula is C32H37BrN10O2. The molecule has 2 aromatic heterocycles. The highest BCUT2D eigenvalue weighted by molar-refractivity contribution is 9.10. The van der Waals surface area contributed by atoms with Gasteiger partial charge in [-0.25, -0.2) is 9.97 Å². The van der Waals surface area contributed by atoms with Gasteiger partial charge in [-0.05, 0) is 96.9 Å². The number of carbonyl (C=O) groups is 2. The minimum atomic E-state index is -0.0564. The molecule has 0 atom stereocenters. The molecule has 0 aliphatic carbocycles.